The van der Waals surface area contributed by atoms with Gasteiger partial charge in [-0.3, -0.25) is 4.90 Å². The second kappa shape index (κ2) is 12.8. The molecule has 1 aliphatic rings. The van der Waals surface area contributed by atoms with Gasteiger partial charge in [0.05, 0.1) is 0 Å². The number of rotatable bonds is 6. The molecule has 1 aromatic carbocycles. The number of phenols is 1. The molecule has 4 nitrogen and oxygen atoms in total. The van der Waals surface area contributed by atoms with E-state index in [1.165, 1.54) is 12.8 Å². The fourth-order valence-corrected chi connectivity index (χ4v) is 3.68. The molecule has 1 saturated heterocycles. The van der Waals surface area contributed by atoms with Gasteiger partial charge in [-0.05, 0) is 63.6 Å². The molecule has 0 saturated carbocycles. The molecule has 4 heteroatoms. The number of methoxy groups -OCH3 is 1. The van der Waals surface area contributed by atoms with Gasteiger partial charge in [-0.1, -0.05) is 39.5 Å². The summed E-state index contributed by atoms with van der Waals surface area (Å²) >= 11 is 0. The monoisotopic (exact) mass is 374 g/mol. The van der Waals surface area contributed by atoms with E-state index in [9.17, 15) is 5.11 Å². The lowest BCUT2D eigenvalue weighted by Gasteiger charge is -2.37. The van der Waals surface area contributed by atoms with Crippen LogP contribution in [0.15, 0.2) is 12.1 Å². The summed E-state index contributed by atoms with van der Waals surface area (Å²) in [5.41, 5.74) is 2.81. The molecule has 1 N–H and O–H groups in total. The number of phenolic OH excluding ortho intramolecular Hbond substituents is 1. The van der Waals surface area contributed by atoms with Crippen molar-refractivity contribution in [1.82, 2.24) is 9.80 Å². The topological polar surface area (TPSA) is 35.9 Å². The van der Waals surface area contributed by atoms with E-state index in [4.69, 9.17) is 4.74 Å². The van der Waals surface area contributed by atoms with Crippen molar-refractivity contribution < 1.29 is 9.84 Å². The van der Waals surface area contributed by atoms with Crippen molar-refractivity contribution in [2.75, 3.05) is 39.9 Å². The molecule has 2 rings (SSSR count). The van der Waals surface area contributed by atoms with Crippen LogP contribution in [0.5, 0.6) is 5.75 Å². The molecule has 0 unspecified atom stereocenters. The number of benzene rings is 1. The van der Waals surface area contributed by atoms with Crippen molar-refractivity contribution >= 4 is 0 Å². The third-order valence-corrected chi connectivity index (χ3v) is 5.11. The fourth-order valence-electron chi connectivity index (χ4n) is 3.68. The molecular formula is C23H38N2O2. The highest BCUT2D eigenvalue weighted by Gasteiger charge is 2.23. The van der Waals surface area contributed by atoms with Gasteiger partial charge in [0, 0.05) is 30.8 Å². The zero-order chi connectivity index (χ0) is 20.2. The largest absolute Gasteiger partial charge is 0.507 e. The summed E-state index contributed by atoms with van der Waals surface area (Å²) in [7, 11) is 1.64. The summed E-state index contributed by atoms with van der Waals surface area (Å²) in [6, 6.07) is 4.66. The first-order valence-corrected chi connectivity index (χ1v) is 10.4. The highest BCUT2D eigenvalue weighted by Crippen LogP contribution is 2.27. The molecule has 27 heavy (non-hydrogen) atoms. The van der Waals surface area contributed by atoms with Gasteiger partial charge in [0.1, 0.15) is 12.4 Å². The lowest BCUT2D eigenvalue weighted by molar-refractivity contribution is 0.112. The van der Waals surface area contributed by atoms with E-state index in [0.717, 1.165) is 49.4 Å². The summed E-state index contributed by atoms with van der Waals surface area (Å²) < 4.78 is 4.98. The van der Waals surface area contributed by atoms with E-state index < -0.39 is 0 Å². The predicted octanol–water partition coefficient (Wildman–Crippen LogP) is 4.03. The maximum absolute atomic E-state index is 10.4. The Balaban J connectivity index is 0.00000176. The number of hydrogen-bond donors (Lipinski definition) is 1. The molecular weight excluding hydrogens is 336 g/mol. The highest BCUT2D eigenvalue weighted by atomic mass is 16.5. The number of likely N-dealkylation sites (tertiary alicyclic amines) is 1. The molecule has 0 spiro atoms. The molecule has 152 valence electrons. The van der Waals surface area contributed by atoms with Crippen molar-refractivity contribution in [1.29, 1.82) is 0 Å². The van der Waals surface area contributed by atoms with Crippen molar-refractivity contribution in [2.45, 2.75) is 60.0 Å². The number of hydrogen-bond acceptors (Lipinski definition) is 4. The Morgan fingerprint density at radius 1 is 1.19 bits per heavy atom. The minimum absolute atomic E-state index is 0.406. The first-order valence-electron chi connectivity index (χ1n) is 10.4. The second-order valence-electron chi connectivity index (χ2n) is 6.76. The summed E-state index contributed by atoms with van der Waals surface area (Å²) in [5.74, 6) is 6.51. The third-order valence-electron chi connectivity index (χ3n) is 5.11. The van der Waals surface area contributed by atoms with E-state index in [0.29, 0.717) is 18.4 Å². The Hall–Kier alpha value is -1.54. The van der Waals surface area contributed by atoms with Crippen LogP contribution in [0.1, 0.15) is 57.2 Å². The van der Waals surface area contributed by atoms with Crippen molar-refractivity contribution in [3.63, 3.8) is 0 Å². The number of aryl methyl sites for hydroxylation is 1. The Morgan fingerprint density at radius 3 is 2.37 bits per heavy atom. The van der Waals surface area contributed by atoms with E-state index in [-0.39, 0.29) is 0 Å². The molecule has 0 bridgehead atoms. The van der Waals surface area contributed by atoms with Crippen molar-refractivity contribution in [3.05, 3.63) is 28.8 Å². The molecule has 0 atom stereocenters. The third kappa shape index (κ3) is 7.18. The Labute approximate surface area is 166 Å². The quantitative estimate of drug-likeness (QED) is 0.763. The summed E-state index contributed by atoms with van der Waals surface area (Å²) in [6.07, 6.45) is 2.41. The molecule has 0 amide bonds. The molecule has 1 aromatic rings. The Bertz CT molecular complexity index is 607. The van der Waals surface area contributed by atoms with Crippen LogP contribution in [0.25, 0.3) is 0 Å². The maximum atomic E-state index is 10.4. The normalized spacial score (nSPS) is 15.1. The maximum Gasteiger partial charge on any atom is 0.123 e. The van der Waals surface area contributed by atoms with E-state index in [2.05, 4.69) is 35.5 Å². The van der Waals surface area contributed by atoms with Gasteiger partial charge in [-0.15, -0.1) is 0 Å². The van der Waals surface area contributed by atoms with Gasteiger partial charge in [-0.25, -0.2) is 0 Å². The molecule has 0 radical (unpaired) electrons. The Kier molecular flexibility index (Phi) is 11.1. The van der Waals surface area contributed by atoms with E-state index in [1.807, 2.05) is 32.9 Å². The smallest absolute Gasteiger partial charge is 0.123 e. The van der Waals surface area contributed by atoms with Gasteiger partial charge < -0.3 is 14.7 Å². The lowest BCUT2D eigenvalue weighted by atomic mass is 10.0. The molecule has 1 fully saturated rings. The van der Waals surface area contributed by atoms with Gasteiger partial charge in [0.15, 0.2) is 0 Å². The van der Waals surface area contributed by atoms with E-state index >= 15 is 0 Å². The number of ether oxygens (including phenoxy) is 1. The van der Waals surface area contributed by atoms with Crippen LogP contribution in [-0.2, 0) is 11.3 Å². The zero-order valence-corrected chi connectivity index (χ0v) is 18.1. The number of aromatic hydroxyl groups is 1. The van der Waals surface area contributed by atoms with Crippen LogP contribution in [0.3, 0.4) is 0 Å². The second-order valence-corrected chi connectivity index (χ2v) is 6.76. The van der Waals surface area contributed by atoms with Crippen LogP contribution in [0.4, 0.5) is 0 Å². The minimum Gasteiger partial charge on any atom is -0.507 e. The first kappa shape index (κ1) is 23.5. The van der Waals surface area contributed by atoms with Gasteiger partial charge in [0.2, 0.25) is 0 Å². The molecule has 1 aliphatic heterocycles. The van der Waals surface area contributed by atoms with Crippen LogP contribution in [0.2, 0.25) is 0 Å². The lowest BCUT2D eigenvalue weighted by Crippen LogP contribution is -2.44. The molecule has 0 aliphatic carbocycles. The highest BCUT2D eigenvalue weighted by molar-refractivity contribution is 5.48. The van der Waals surface area contributed by atoms with Crippen LogP contribution < -0.4 is 0 Å². The van der Waals surface area contributed by atoms with Crippen molar-refractivity contribution in [3.8, 4) is 17.6 Å². The standard InChI is InChI=1S/C21H32N2O2.C2H6/c1-5-23(6-2)20-9-11-22(12-10-20)16-19-15-18(8-7-13-25-4)14-17(3)21(19)24;1-2/h14-15,20,24H,5-6,9-13,16H2,1-4H3;1-2H3. The van der Waals surface area contributed by atoms with Gasteiger partial charge >= 0.3 is 0 Å². The fraction of sp³-hybridized carbons (Fsp3) is 0.652. The van der Waals surface area contributed by atoms with Gasteiger partial charge in [0.25, 0.3) is 0 Å². The number of nitrogens with zero attached hydrogens (tertiary/aromatic N) is 2. The SMILES string of the molecule is CC.CCN(CC)C1CCN(Cc2cc(C#CCOC)cc(C)c2O)CC1. The van der Waals surface area contributed by atoms with Crippen LogP contribution in [-0.4, -0.2) is 60.8 Å². The van der Waals surface area contributed by atoms with Gasteiger partial charge in [-0.2, -0.15) is 0 Å². The molecule has 0 aromatic heterocycles. The summed E-state index contributed by atoms with van der Waals surface area (Å²) in [5, 5.41) is 10.4. The Morgan fingerprint density at radius 2 is 1.81 bits per heavy atom. The zero-order valence-electron chi connectivity index (χ0n) is 18.1. The number of piperidine rings is 1. The minimum atomic E-state index is 0.406. The summed E-state index contributed by atoms with van der Waals surface area (Å²) in [4.78, 5) is 5.01. The van der Waals surface area contributed by atoms with Crippen molar-refractivity contribution in [2.24, 2.45) is 0 Å². The van der Waals surface area contributed by atoms with E-state index in [1.54, 1.807) is 7.11 Å². The average Bonchev–Trinajstić information content (AvgIpc) is 2.69. The predicted molar refractivity (Wildman–Crippen MR) is 114 cm³/mol. The van der Waals surface area contributed by atoms with Crippen LogP contribution >= 0.6 is 0 Å². The first-order chi connectivity index (χ1) is 13.1. The average molecular weight is 375 g/mol. The summed E-state index contributed by atoms with van der Waals surface area (Å²) in [6.45, 7) is 16.1. The molecule has 1 heterocycles. The van der Waals surface area contributed by atoms with Crippen LogP contribution in [0, 0.1) is 18.8 Å².